The van der Waals surface area contributed by atoms with E-state index in [1.165, 1.54) is 16.9 Å². The van der Waals surface area contributed by atoms with Crippen LogP contribution in [0.2, 0.25) is 0 Å². The van der Waals surface area contributed by atoms with Gasteiger partial charge in [-0.2, -0.15) is 0 Å². The van der Waals surface area contributed by atoms with Crippen LogP contribution in [0.3, 0.4) is 0 Å². The number of carbonyl (C=O) groups is 2. The highest BCUT2D eigenvalue weighted by Crippen LogP contribution is 2.29. The Labute approximate surface area is 179 Å². The highest BCUT2D eigenvalue weighted by Gasteiger charge is 2.34. The lowest BCUT2D eigenvalue weighted by Crippen LogP contribution is -2.28. The van der Waals surface area contributed by atoms with Gasteiger partial charge < -0.3 is 10.2 Å². The molecule has 0 saturated carbocycles. The van der Waals surface area contributed by atoms with Crippen LogP contribution in [0.4, 0.5) is 5.13 Å². The number of hydrogen-bond donors (Lipinski definition) is 1. The zero-order chi connectivity index (χ0) is 21.1. The van der Waals surface area contributed by atoms with Crippen molar-refractivity contribution < 1.29 is 9.59 Å². The summed E-state index contributed by atoms with van der Waals surface area (Å²) in [6.45, 7) is 5.10. The van der Waals surface area contributed by atoms with Gasteiger partial charge in [0.05, 0.1) is 18.2 Å². The van der Waals surface area contributed by atoms with Crippen LogP contribution in [-0.2, 0) is 16.1 Å². The van der Waals surface area contributed by atoms with Gasteiger partial charge >= 0.3 is 0 Å². The van der Waals surface area contributed by atoms with Crippen LogP contribution < -0.4 is 5.32 Å². The molecule has 30 heavy (non-hydrogen) atoms. The molecule has 4 rings (SSSR count). The van der Waals surface area contributed by atoms with E-state index < -0.39 is 5.92 Å². The first kappa shape index (κ1) is 20.2. The summed E-state index contributed by atoms with van der Waals surface area (Å²) < 4.78 is 0. The first-order valence-electron chi connectivity index (χ1n) is 9.92. The molecule has 1 atom stereocenters. The molecule has 1 N–H and O–H groups in total. The minimum Gasteiger partial charge on any atom is -0.336 e. The Morgan fingerprint density at radius 2 is 2.00 bits per heavy atom. The number of anilines is 1. The van der Waals surface area contributed by atoms with Gasteiger partial charge in [-0.3, -0.25) is 14.6 Å². The van der Waals surface area contributed by atoms with Gasteiger partial charge in [-0.1, -0.05) is 55.5 Å². The monoisotopic (exact) mass is 421 g/mol. The molecular formula is C22H23N5O2S. The molecule has 0 aliphatic carbocycles. The summed E-state index contributed by atoms with van der Waals surface area (Å²) in [6, 6.07) is 13.8. The van der Waals surface area contributed by atoms with E-state index in [1.54, 1.807) is 11.1 Å². The molecule has 8 heteroatoms. The molecule has 1 saturated heterocycles. The Balaban J connectivity index is 1.37. The zero-order valence-electron chi connectivity index (χ0n) is 16.9. The third kappa shape index (κ3) is 4.54. The molecule has 1 fully saturated rings. The van der Waals surface area contributed by atoms with E-state index in [0.717, 1.165) is 16.3 Å². The van der Waals surface area contributed by atoms with Gasteiger partial charge in [-0.25, -0.2) is 0 Å². The van der Waals surface area contributed by atoms with Crippen molar-refractivity contribution in [1.29, 1.82) is 0 Å². The van der Waals surface area contributed by atoms with Crippen LogP contribution in [0.5, 0.6) is 0 Å². The summed E-state index contributed by atoms with van der Waals surface area (Å²) in [5, 5.41) is 12.3. The number of nitrogens with zero attached hydrogens (tertiary/aromatic N) is 4. The number of likely N-dealkylation sites (tertiary alicyclic amines) is 1. The number of hydrogen-bond acceptors (Lipinski definition) is 6. The number of aromatic nitrogens is 3. The summed E-state index contributed by atoms with van der Waals surface area (Å²) in [4.78, 5) is 30.9. The van der Waals surface area contributed by atoms with E-state index in [2.05, 4.69) is 46.5 Å². The molecule has 2 aromatic heterocycles. The van der Waals surface area contributed by atoms with E-state index in [0.29, 0.717) is 24.1 Å². The minimum atomic E-state index is -0.404. The lowest BCUT2D eigenvalue weighted by molar-refractivity contribution is -0.128. The van der Waals surface area contributed by atoms with Gasteiger partial charge in [0, 0.05) is 24.7 Å². The van der Waals surface area contributed by atoms with Crippen LogP contribution in [0.15, 0.2) is 48.7 Å². The number of rotatable bonds is 6. The molecule has 154 valence electrons. The fraction of sp³-hybridized carbons (Fsp3) is 0.318. The number of nitrogens with one attached hydrogen (secondary N) is 1. The largest absolute Gasteiger partial charge is 0.336 e. The average molecular weight is 422 g/mol. The highest BCUT2D eigenvalue weighted by atomic mass is 32.1. The highest BCUT2D eigenvalue weighted by molar-refractivity contribution is 7.18. The van der Waals surface area contributed by atoms with Gasteiger partial charge in [-0.15, -0.1) is 10.2 Å². The normalized spacial score (nSPS) is 16.3. The van der Waals surface area contributed by atoms with E-state index in [1.807, 2.05) is 30.3 Å². The first-order chi connectivity index (χ1) is 14.5. The lowest BCUT2D eigenvalue weighted by atomic mass is 10.0. The van der Waals surface area contributed by atoms with Gasteiger partial charge in [0.25, 0.3) is 0 Å². The van der Waals surface area contributed by atoms with Gasteiger partial charge in [0.2, 0.25) is 16.9 Å². The fourth-order valence-corrected chi connectivity index (χ4v) is 4.15. The molecule has 1 aliphatic rings. The molecule has 0 radical (unpaired) electrons. The topological polar surface area (TPSA) is 88.1 Å². The second kappa shape index (κ2) is 8.71. The van der Waals surface area contributed by atoms with Gasteiger partial charge in [-0.05, 0) is 23.6 Å². The molecule has 1 aliphatic heterocycles. The van der Waals surface area contributed by atoms with Crippen molar-refractivity contribution in [3.63, 3.8) is 0 Å². The van der Waals surface area contributed by atoms with Crippen molar-refractivity contribution in [2.75, 3.05) is 11.9 Å². The minimum absolute atomic E-state index is 0.0380. The molecule has 1 unspecified atom stereocenters. The standard InChI is InChI=1S/C22H23N5O2S/c1-14(2)15-6-8-16(9-7-15)21-25-26-22(30-21)24-20(29)17-11-19(28)27(12-17)13-18-5-3-4-10-23-18/h3-10,14,17H,11-13H2,1-2H3,(H,24,26,29). The van der Waals surface area contributed by atoms with Crippen molar-refractivity contribution in [3.8, 4) is 10.6 Å². The van der Waals surface area contributed by atoms with E-state index in [-0.39, 0.29) is 18.2 Å². The van der Waals surface area contributed by atoms with Crippen molar-refractivity contribution >= 4 is 28.3 Å². The second-order valence-corrected chi connectivity index (χ2v) is 8.65. The quantitative estimate of drug-likeness (QED) is 0.655. The van der Waals surface area contributed by atoms with Crippen LogP contribution in [-0.4, -0.2) is 38.4 Å². The van der Waals surface area contributed by atoms with Crippen LogP contribution in [0, 0.1) is 5.92 Å². The summed E-state index contributed by atoms with van der Waals surface area (Å²) in [5.74, 6) is -0.178. The number of pyridine rings is 1. The molecule has 7 nitrogen and oxygen atoms in total. The zero-order valence-corrected chi connectivity index (χ0v) is 17.7. The smallest absolute Gasteiger partial charge is 0.231 e. The maximum Gasteiger partial charge on any atom is 0.231 e. The number of carbonyl (C=O) groups excluding carboxylic acids is 2. The Bertz CT molecular complexity index is 1030. The summed E-state index contributed by atoms with van der Waals surface area (Å²) in [5.41, 5.74) is 3.04. The predicted molar refractivity (Wildman–Crippen MR) is 116 cm³/mol. The maximum absolute atomic E-state index is 12.7. The fourth-order valence-electron chi connectivity index (χ4n) is 3.40. The van der Waals surface area contributed by atoms with Crippen LogP contribution in [0.1, 0.15) is 37.4 Å². The number of amides is 2. The van der Waals surface area contributed by atoms with Gasteiger partial charge in [0.15, 0.2) is 0 Å². The molecular weight excluding hydrogens is 398 g/mol. The second-order valence-electron chi connectivity index (χ2n) is 7.67. The van der Waals surface area contributed by atoms with Gasteiger partial charge in [0.1, 0.15) is 5.01 Å². The van der Waals surface area contributed by atoms with Crippen molar-refractivity contribution in [3.05, 3.63) is 59.9 Å². The lowest BCUT2D eigenvalue weighted by Gasteiger charge is -2.15. The van der Waals surface area contributed by atoms with E-state index in [9.17, 15) is 9.59 Å². The molecule has 0 bridgehead atoms. The SMILES string of the molecule is CC(C)c1ccc(-c2nnc(NC(=O)C3CC(=O)N(Cc4ccccn4)C3)s2)cc1. The Hall–Kier alpha value is -3.13. The summed E-state index contributed by atoms with van der Waals surface area (Å²) >= 11 is 1.33. The molecule has 0 spiro atoms. The van der Waals surface area contributed by atoms with E-state index in [4.69, 9.17) is 0 Å². The average Bonchev–Trinajstić information content (AvgIpc) is 3.36. The number of benzene rings is 1. The van der Waals surface area contributed by atoms with Crippen LogP contribution >= 0.6 is 11.3 Å². The third-order valence-corrected chi connectivity index (χ3v) is 6.03. The molecule has 1 aromatic carbocycles. The molecule has 3 aromatic rings. The van der Waals surface area contributed by atoms with E-state index >= 15 is 0 Å². The molecule has 2 amide bonds. The summed E-state index contributed by atoms with van der Waals surface area (Å²) in [7, 11) is 0. The Morgan fingerprint density at radius 3 is 2.70 bits per heavy atom. The van der Waals surface area contributed by atoms with Crippen molar-refractivity contribution in [2.24, 2.45) is 5.92 Å². The van der Waals surface area contributed by atoms with Crippen LogP contribution in [0.25, 0.3) is 10.6 Å². The first-order valence-corrected chi connectivity index (χ1v) is 10.7. The van der Waals surface area contributed by atoms with Crippen molar-refractivity contribution in [1.82, 2.24) is 20.1 Å². The third-order valence-electron chi connectivity index (χ3n) is 5.14. The Morgan fingerprint density at radius 1 is 1.20 bits per heavy atom. The predicted octanol–water partition coefficient (Wildman–Crippen LogP) is 3.71. The van der Waals surface area contributed by atoms with Crippen molar-refractivity contribution in [2.45, 2.75) is 32.7 Å². The Kier molecular flexibility index (Phi) is 5.85. The summed E-state index contributed by atoms with van der Waals surface area (Å²) in [6.07, 6.45) is 1.89. The maximum atomic E-state index is 12.7. The molecule has 3 heterocycles.